The second kappa shape index (κ2) is 6.87. The van der Waals surface area contributed by atoms with Crippen LogP contribution in [0.1, 0.15) is 53.8 Å². The molecule has 7 heteroatoms. The van der Waals surface area contributed by atoms with E-state index in [-0.39, 0.29) is 11.9 Å². The van der Waals surface area contributed by atoms with Crippen molar-refractivity contribution in [2.24, 2.45) is 5.73 Å². The summed E-state index contributed by atoms with van der Waals surface area (Å²) in [5.41, 5.74) is 8.10. The fourth-order valence-corrected chi connectivity index (χ4v) is 3.20. The Morgan fingerprint density at radius 1 is 1.43 bits per heavy atom. The molecular weight excluding hydrogens is 294 g/mol. The minimum absolute atomic E-state index is 0.237. The highest BCUT2D eigenvalue weighted by Crippen LogP contribution is 2.37. The molecule has 0 amide bonds. The Labute approximate surface area is 134 Å². The summed E-state index contributed by atoms with van der Waals surface area (Å²) in [5, 5.41) is 4.49. The quantitative estimate of drug-likeness (QED) is 0.842. The van der Waals surface area contributed by atoms with Gasteiger partial charge in [0, 0.05) is 18.0 Å². The Kier molecular flexibility index (Phi) is 4.66. The summed E-state index contributed by atoms with van der Waals surface area (Å²) >= 11 is 0. The molecule has 1 aliphatic rings. The first kappa shape index (κ1) is 15.6. The number of aromatic nitrogens is 4. The molecule has 1 aliphatic carbocycles. The highest BCUT2D eigenvalue weighted by atomic mass is 16.5. The van der Waals surface area contributed by atoms with E-state index in [4.69, 9.17) is 10.5 Å². The van der Waals surface area contributed by atoms with Gasteiger partial charge in [-0.3, -0.25) is 0 Å². The summed E-state index contributed by atoms with van der Waals surface area (Å²) in [6.45, 7) is 2.70. The summed E-state index contributed by atoms with van der Waals surface area (Å²) in [4.78, 5) is 20.9. The van der Waals surface area contributed by atoms with E-state index in [1.165, 1.54) is 0 Å². The average Bonchev–Trinajstić information content (AvgIpc) is 2.97. The molecule has 0 saturated heterocycles. The maximum Gasteiger partial charge on any atom is 0.359 e. The van der Waals surface area contributed by atoms with Gasteiger partial charge in [0.1, 0.15) is 0 Å². The Morgan fingerprint density at radius 3 is 2.91 bits per heavy atom. The second-order valence-corrected chi connectivity index (χ2v) is 5.56. The molecule has 2 heterocycles. The number of carbonyl (C=O) groups is 1. The number of hydrogen-bond donors (Lipinski definition) is 1. The SMILES string of the molecule is CCOC(=O)c1nn(-c2ncccn2)c2c1C(CCN)CCC2. The lowest BCUT2D eigenvalue weighted by Gasteiger charge is -2.23. The Bertz CT molecular complexity index is 683. The first-order valence-electron chi connectivity index (χ1n) is 8.02. The van der Waals surface area contributed by atoms with E-state index in [9.17, 15) is 4.79 Å². The highest BCUT2D eigenvalue weighted by molar-refractivity contribution is 5.89. The Hall–Kier alpha value is -2.28. The molecule has 3 rings (SSSR count). The normalized spacial score (nSPS) is 16.9. The van der Waals surface area contributed by atoms with Gasteiger partial charge in [0.25, 0.3) is 5.95 Å². The summed E-state index contributed by atoms with van der Waals surface area (Å²) < 4.78 is 6.87. The first-order valence-corrected chi connectivity index (χ1v) is 8.02. The lowest BCUT2D eigenvalue weighted by atomic mass is 9.83. The smallest absolute Gasteiger partial charge is 0.359 e. The van der Waals surface area contributed by atoms with Gasteiger partial charge < -0.3 is 10.5 Å². The molecule has 0 aliphatic heterocycles. The van der Waals surface area contributed by atoms with Gasteiger partial charge in [-0.15, -0.1) is 0 Å². The lowest BCUT2D eigenvalue weighted by molar-refractivity contribution is 0.0516. The van der Waals surface area contributed by atoms with E-state index in [0.717, 1.165) is 36.9 Å². The third-order valence-electron chi connectivity index (χ3n) is 4.12. The van der Waals surface area contributed by atoms with Crippen molar-refractivity contribution in [3.8, 4) is 5.95 Å². The van der Waals surface area contributed by atoms with Crippen LogP contribution < -0.4 is 5.73 Å². The van der Waals surface area contributed by atoms with Gasteiger partial charge in [0.15, 0.2) is 5.69 Å². The van der Waals surface area contributed by atoms with Crippen LogP contribution in [0.15, 0.2) is 18.5 Å². The zero-order valence-electron chi connectivity index (χ0n) is 13.2. The number of ether oxygens (including phenoxy) is 1. The van der Waals surface area contributed by atoms with E-state index in [1.54, 1.807) is 30.1 Å². The topological polar surface area (TPSA) is 95.9 Å². The molecule has 0 radical (unpaired) electrons. The van der Waals surface area contributed by atoms with Gasteiger partial charge in [-0.25, -0.2) is 19.4 Å². The molecule has 1 unspecified atom stereocenters. The molecule has 0 spiro atoms. The van der Waals surface area contributed by atoms with Gasteiger partial charge >= 0.3 is 5.97 Å². The van der Waals surface area contributed by atoms with Crippen LogP contribution in [0.5, 0.6) is 0 Å². The molecule has 0 bridgehead atoms. The van der Waals surface area contributed by atoms with Crippen molar-refractivity contribution in [3.05, 3.63) is 35.4 Å². The van der Waals surface area contributed by atoms with Gasteiger partial charge in [-0.1, -0.05) is 0 Å². The van der Waals surface area contributed by atoms with E-state index in [2.05, 4.69) is 15.1 Å². The first-order chi connectivity index (χ1) is 11.3. The number of fused-ring (bicyclic) bond motifs is 1. The summed E-state index contributed by atoms with van der Waals surface area (Å²) in [6.07, 6.45) is 7.07. The van der Waals surface area contributed by atoms with Crippen molar-refractivity contribution in [2.45, 2.75) is 38.5 Å². The molecule has 122 valence electrons. The molecule has 1 atom stereocenters. The predicted molar refractivity (Wildman–Crippen MR) is 84.5 cm³/mol. The fourth-order valence-electron chi connectivity index (χ4n) is 3.20. The number of hydrogen-bond acceptors (Lipinski definition) is 6. The average molecular weight is 315 g/mol. The molecule has 2 aromatic rings. The van der Waals surface area contributed by atoms with Gasteiger partial charge in [0.2, 0.25) is 0 Å². The number of esters is 1. The van der Waals surface area contributed by atoms with Crippen molar-refractivity contribution in [1.82, 2.24) is 19.7 Å². The number of rotatable bonds is 5. The largest absolute Gasteiger partial charge is 0.461 e. The van der Waals surface area contributed by atoms with Gasteiger partial charge in [-0.2, -0.15) is 5.10 Å². The molecule has 23 heavy (non-hydrogen) atoms. The van der Waals surface area contributed by atoms with Gasteiger partial charge in [0.05, 0.1) is 12.3 Å². The van der Waals surface area contributed by atoms with Crippen LogP contribution in [0.25, 0.3) is 5.95 Å². The van der Waals surface area contributed by atoms with E-state index < -0.39 is 0 Å². The lowest BCUT2D eigenvalue weighted by Crippen LogP contribution is -2.17. The number of nitrogens with zero attached hydrogens (tertiary/aromatic N) is 4. The minimum Gasteiger partial charge on any atom is -0.461 e. The van der Waals surface area contributed by atoms with Crippen molar-refractivity contribution in [1.29, 1.82) is 0 Å². The van der Waals surface area contributed by atoms with Crippen molar-refractivity contribution < 1.29 is 9.53 Å². The van der Waals surface area contributed by atoms with Gasteiger partial charge in [-0.05, 0) is 51.1 Å². The Morgan fingerprint density at radius 2 is 2.22 bits per heavy atom. The third kappa shape index (κ3) is 2.96. The summed E-state index contributed by atoms with van der Waals surface area (Å²) in [5.74, 6) is 0.329. The molecule has 2 N–H and O–H groups in total. The Balaban J connectivity index is 2.12. The maximum absolute atomic E-state index is 12.3. The maximum atomic E-state index is 12.3. The molecular formula is C16H21N5O2. The zero-order chi connectivity index (χ0) is 16.2. The molecule has 0 aromatic carbocycles. The van der Waals surface area contributed by atoms with Crippen LogP contribution in [-0.4, -0.2) is 38.9 Å². The van der Waals surface area contributed by atoms with Crippen LogP contribution in [-0.2, 0) is 11.2 Å². The van der Waals surface area contributed by atoms with E-state index in [0.29, 0.717) is 24.8 Å². The van der Waals surface area contributed by atoms with Crippen LogP contribution in [0, 0.1) is 0 Å². The third-order valence-corrected chi connectivity index (χ3v) is 4.12. The minimum atomic E-state index is -0.387. The predicted octanol–water partition coefficient (Wildman–Crippen LogP) is 1.61. The molecule has 0 fully saturated rings. The summed E-state index contributed by atoms with van der Waals surface area (Å²) in [6, 6.07) is 1.75. The van der Waals surface area contributed by atoms with Crippen molar-refractivity contribution in [2.75, 3.05) is 13.2 Å². The molecule has 7 nitrogen and oxygen atoms in total. The van der Waals surface area contributed by atoms with Crippen LogP contribution in [0.3, 0.4) is 0 Å². The highest BCUT2D eigenvalue weighted by Gasteiger charge is 2.32. The molecule has 2 aromatic heterocycles. The number of nitrogens with two attached hydrogens (primary N) is 1. The van der Waals surface area contributed by atoms with Crippen molar-refractivity contribution in [3.63, 3.8) is 0 Å². The summed E-state index contributed by atoms with van der Waals surface area (Å²) in [7, 11) is 0. The standard InChI is InChI=1S/C16H21N5O2/c1-2-23-15(22)14-13-11(7-8-17)5-3-6-12(13)21(20-14)16-18-9-4-10-19-16/h4,9-11H,2-3,5-8,17H2,1H3. The monoisotopic (exact) mass is 315 g/mol. The molecule has 0 saturated carbocycles. The van der Waals surface area contributed by atoms with Crippen molar-refractivity contribution >= 4 is 5.97 Å². The van der Waals surface area contributed by atoms with E-state index >= 15 is 0 Å². The van der Waals surface area contributed by atoms with Crippen LogP contribution in [0.2, 0.25) is 0 Å². The van der Waals surface area contributed by atoms with E-state index in [1.807, 2.05) is 0 Å². The fraction of sp³-hybridized carbons (Fsp3) is 0.500. The second-order valence-electron chi connectivity index (χ2n) is 5.56. The van der Waals surface area contributed by atoms with Crippen LogP contribution >= 0.6 is 0 Å². The zero-order valence-corrected chi connectivity index (χ0v) is 13.2. The number of carbonyl (C=O) groups excluding carboxylic acids is 1. The van der Waals surface area contributed by atoms with Crippen LogP contribution in [0.4, 0.5) is 0 Å².